The molecule has 44 heavy (non-hydrogen) atoms. The second kappa shape index (κ2) is 12.5. The van der Waals surface area contributed by atoms with E-state index in [1.54, 1.807) is 0 Å². The molecule has 1 aliphatic carbocycles. The predicted molar refractivity (Wildman–Crippen MR) is 167 cm³/mol. The van der Waals surface area contributed by atoms with E-state index in [4.69, 9.17) is 0 Å². The largest absolute Gasteiger partial charge is 0.481 e. The van der Waals surface area contributed by atoms with Gasteiger partial charge in [0.05, 0.1) is 11.6 Å². The Balaban J connectivity index is 1.69. The summed E-state index contributed by atoms with van der Waals surface area (Å²) in [6.45, 7) is 7.63. The zero-order valence-electron chi connectivity index (χ0n) is 25.5. The number of aromatic nitrogens is 2. The van der Waals surface area contributed by atoms with Crippen molar-refractivity contribution in [2.75, 3.05) is 0 Å². The quantitative estimate of drug-likeness (QED) is 0.297. The number of aliphatic imine (C=N–C) groups is 1. The second-order valence-electron chi connectivity index (χ2n) is 11.5. The zero-order chi connectivity index (χ0) is 31.7. The Hall–Kier alpha value is -4.73. The average Bonchev–Trinajstić information content (AvgIpc) is 3.62. The van der Waals surface area contributed by atoms with Crippen molar-refractivity contribution < 1.29 is 29.4 Å². The van der Waals surface area contributed by atoms with Crippen molar-refractivity contribution in [1.29, 1.82) is 0 Å². The van der Waals surface area contributed by atoms with Crippen LogP contribution in [0.1, 0.15) is 86.5 Å². The van der Waals surface area contributed by atoms with Gasteiger partial charge in [-0.25, -0.2) is 4.99 Å². The Kier molecular flexibility index (Phi) is 8.71. The van der Waals surface area contributed by atoms with Crippen LogP contribution in [-0.2, 0) is 38.4 Å². The lowest BCUT2D eigenvalue weighted by Crippen LogP contribution is -2.17. The van der Waals surface area contributed by atoms with Crippen molar-refractivity contribution in [1.82, 2.24) is 15.3 Å². The first-order valence-electron chi connectivity index (χ1n) is 15.1. The van der Waals surface area contributed by atoms with Crippen LogP contribution in [0.3, 0.4) is 0 Å². The normalized spacial score (nSPS) is 21.2. The highest BCUT2D eigenvalue weighted by atomic mass is 16.4. The molecule has 3 aliphatic rings. The molecule has 2 aromatic heterocycles. The molecule has 0 bridgehead atoms. The average molecular weight is 599 g/mol. The van der Waals surface area contributed by atoms with E-state index in [0.717, 1.165) is 68.2 Å². The summed E-state index contributed by atoms with van der Waals surface area (Å²) in [4.78, 5) is 59.4. The van der Waals surface area contributed by atoms with Gasteiger partial charge in [0.1, 0.15) is 0 Å². The standard InChI is InChI=1S/C34H38N4O6/c1-5-19-18(4)33(43)37-26(19)14-25-17(3)21(10-12-31(39)40)27(35-25)15-29-24(11-13-32(41)42)23-9-7-8-22-20(6-2)34(44)38-30(22)16-28(23)36-29/h5,14-16,18,35-36H,6-13H2,1-4H3,(H,37,43)(H,39,40)(H,41,42)/b19-5+,26-14-,28-16+,29-15+. The van der Waals surface area contributed by atoms with Gasteiger partial charge in [-0.15, -0.1) is 0 Å². The maximum absolute atomic E-state index is 12.6. The van der Waals surface area contributed by atoms with Crippen molar-refractivity contribution in [2.24, 2.45) is 10.9 Å². The Labute approximate surface area is 255 Å². The van der Waals surface area contributed by atoms with Crippen LogP contribution in [0.5, 0.6) is 0 Å². The van der Waals surface area contributed by atoms with E-state index >= 15 is 0 Å². The van der Waals surface area contributed by atoms with E-state index in [-0.39, 0.29) is 37.0 Å². The molecule has 1 fully saturated rings. The number of carboxylic acid groups (broad SMARTS) is 2. The van der Waals surface area contributed by atoms with Gasteiger partial charge < -0.3 is 25.5 Å². The summed E-state index contributed by atoms with van der Waals surface area (Å²) in [5, 5.41) is 23.5. The number of nitrogens with zero attached hydrogens (tertiary/aromatic N) is 1. The van der Waals surface area contributed by atoms with Gasteiger partial charge in [0.15, 0.2) is 0 Å². The maximum Gasteiger partial charge on any atom is 0.303 e. The molecule has 1 atom stereocenters. The number of hydrogen-bond donors (Lipinski definition) is 5. The molecule has 0 spiro atoms. The maximum atomic E-state index is 12.6. The van der Waals surface area contributed by atoms with Gasteiger partial charge in [0, 0.05) is 46.2 Å². The lowest BCUT2D eigenvalue weighted by atomic mass is 9.92. The summed E-state index contributed by atoms with van der Waals surface area (Å²) in [5.74, 6) is -2.35. The number of carbonyl (C=O) groups is 4. The molecular weight excluding hydrogens is 560 g/mol. The molecular formula is C34H38N4O6. The van der Waals surface area contributed by atoms with Crippen molar-refractivity contribution in [3.63, 3.8) is 0 Å². The van der Waals surface area contributed by atoms with Crippen molar-refractivity contribution in [3.8, 4) is 0 Å². The van der Waals surface area contributed by atoms with Crippen LogP contribution in [0, 0.1) is 12.8 Å². The SMILES string of the molecule is C/C=C1/C(=C/c2[nH]c(/C=c3/[nH]/c4c(c3CCC(=O)O)CCCC3=C(CC)C(=O)N=C3\C=4)c(CCC(=O)O)c2C)NC(=O)C1C. The van der Waals surface area contributed by atoms with Gasteiger partial charge in [0.2, 0.25) is 5.91 Å². The Bertz CT molecular complexity index is 1830. The molecule has 0 radical (unpaired) electrons. The number of H-pyrrole nitrogens is 2. The lowest BCUT2D eigenvalue weighted by molar-refractivity contribution is -0.138. The van der Waals surface area contributed by atoms with Crippen molar-refractivity contribution in [3.05, 3.63) is 72.8 Å². The van der Waals surface area contributed by atoms with Crippen molar-refractivity contribution in [2.45, 2.75) is 79.1 Å². The molecule has 230 valence electrons. The minimum absolute atomic E-state index is 0.0489. The van der Waals surface area contributed by atoms with E-state index < -0.39 is 11.9 Å². The number of hydrogen-bond acceptors (Lipinski definition) is 4. The first kappa shape index (κ1) is 30.7. The number of fused-ring (bicyclic) bond motifs is 2. The van der Waals surface area contributed by atoms with Crippen molar-refractivity contribution >= 4 is 47.7 Å². The first-order chi connectivity index (χ1) is 21.0. The number of aliphatic carboxylic acids is 2. The summed E-state index contributed by atoms with van der Waals surface area (Å²) in [6, 6.07) is 0. The summed E-state index contributed by atoms with van der Waals surface area (Å²) in [6.07, 6.45) is 11.0. The molecule has 2 amide bonds. The number of carboxylic acids is 2. The highest BCUT2D eigenvalue weighted by molar-refractivity contribution is 6.31. The molecule has 2 aliphatic heterocycles. The van der Waals surface area contributed by atoms with Gasteiger partial charge in [-0.3, -0.25) is 19.2 Å². The van der Waals surface area contributed by atoms with Gasteiger partial charge >= 0.3 is 11.9 Å². The molecule has 2 aromatic rings. The topological polar surface area (TPSA) is 165 Å². The summed E-state index contributed by atoms with van der Waals surface area (Å²) >= 11 is 0. The number of amides is 2. The molecule has 1 unspecified atom stereocenters. The number of rotatable bonds is 9. The fourth-order valence-electron chi connectivity index (χ4n) is 6.54. The third-order valence-corrected chi connectivity index (χ3v) is 8.87. The molecule has 10 nitrogen and oxygen atoms in total. The molecule has 10 heteroatoms. The highest BCUT2D eigenvalue weighted by Gasteiger charge is 2.29. The van der Waals surface area contributed by atoms with Crippen LogP contribution >= 0.6 is 0 Å². The summed E-state index contributed by atoms with van der Waals surface area (Å²) < 4.78 is 0. The number of aromatic amines is 2. The fourth-order valence-corrected chi connectivity index (χ4v) is 6.54. The smallest absolute Gasteiger partial charge is 0.303 e. The van der Waals surface area contributed by atoms with Crippen LogP contribution < -0.4 is 16.0 Å². The van der Waals surface area contributed by atoms with Gasteiger partial charge in [-0.1, -0.05) is 13.0 Å². The zero-order valence-corrected chi connectivity index (χ0v) is 25.5. The molecule has 4 heterocycles. The number of allylic oxidation sites excluding steroid dienone is 3. The monoisotopic (exact) mass is 598 g/mol. The third-order valence-electron chi connectivity index (χ3n) is 8.87. The summed E-state index contributed by atoms with van der Waals surface area (Å²) in [7, 11) is 0. The Morgan fingerprint density at radius 1 is 1.02 bits per heavy atom. The predicted octanol–water partition coefficient (Wildman–Crippen LogP) is 3.37. The van der Waals surface area contributed by atoms with E-state index in [0.29, 0.717) is 36.4 Å². The van der Waals surface area contributed by atoms with E-state index in [2.05, 4.69) is 20.3 Å². The third kappa shape index (κ3) is 5.89. The minimum Gasteiger partial charge on any atom is -0.481 e. The van der Waals surface area contributed by atoms with Crippen LogP contribution in [0.15, 0.2) is 33.5 Å². The molecule has 5 N–H and O–H groups in total. The van der Waals surface area contributed by atoms with E-state index in [1.165, 1.54) is 0 Å². The van der Waals surface area contributed by atoms with Gasteiger partial charge in [0.25, 0.3) is 5.91 Å². The van der Waals surface area contributed by atoms with E-state index in [9.17, 15) is 29.4 Å². The second-order valence-corrected chi connectivity index (χ2v) is 11.5. The summed E-state index contributed by atoms with van der Waals surface area (Å²) in [5.41, 5.74) is 9.06. The molecule has 0 aromatic carbocycles. The minimum atomic E-state index is -0.911. The van der Waals surface area contributed by atoms with Crippen LogP contribution in [0.2, 0.25) is 0 Å². The number of carbonyl (C=O) groups excluding carboxylic acids is 2. The lowest BCUT2D eigenvalue weighted by Gasteiger charge is -2.10. The molecule has 0 saturated carbocycles. The highest BCUT2D eigenvalue weighted by Crippen LogP contribution is 2.30. The first-order valence-corrected chi connectivity index (χ1v) is 15.1. The van der Waals surface area contributed by atoms with Gasteiger partial charge in [-0.05, 0) is 111 Å². The molecule has 1 saturated heterocycles. The van der Waals surface area contributed by atoms with Crippen LogP contribution in [-0.4, -0.2) is 49.6 Å². The fraction of sp³-hybridized carbons (Fsp3) is 0.382. The van der Waals surface area contributed by atoms with E-state index in [1.807, 2.05) is 52.0 Å². The Morgan fingerprint density at radius 3 is 2.39 bits per heavy atom. The molecule has 5 rings (SSSR count). The van der Waals surface area contributed by atoms with Crippen LogP contribution in [0.25, 0.3) is 18.2 Å². The Morgan fingerprint density at radius 2 is 1.73 bits per heavy atom. The van der Waals surface area contributed by atoms with Crippen LogP contribution in [0.4, 0.5) is 0 Å². The number of nitrogens with one attached hydrogen (secondary N) is 3. The van der Waals surface area contributed by atoms with Gasteiger partial charge in [-0.2, -0.15) is 0 Å².